The van der Waals surface area contributed by atoms with E-state index in [1.54, 1.807) is 0 Å². The fourth-order valence-corrected chi connectivity index (χ4v) is 2.06. The summed E-state index contributed by atoms with van der Waals surface area (Å²) in [4.78, 5) is 16.8. The molecule has 3 heteroatoms. The lowest BCUT2D eigenvalue weighted by atomic mass is 10.1. The maximum absolute atomic E-state index is 11.6. The first-order valence-corrected chi connectivity index (χ1v) is 7.77. The molecule has 1 rings (SSSR count). The van der Waals surface area contributed by atoms with E-state index in [0.717, 1.165) is 18.5 Å². The molecular formula is C17H27NO2. The Morgan fingerprint density at radius 2 is 1.65 bits per heavy atom. The maximum Gasteiger partial charge on any atom is 0.161 e. The van der Waals surface area contributed by atoms with Gasteiger partial charge in [-0.15, -0.1) is 0 Å². The Morgan fingerprint density at radius 3 is 2.35 bits per heavy atom. The van der Waals surface area contributed by atoms with E-state index in [-0.39, 0.29) is 12.4 Å². The predicted molar refractivity (Wildman–Crippen MR) is 83.6 cm³/mol. The molecule has 0 spiro atoms. The number of Topliss-reactive ketones (excluding diaryl/α,β-unsaturated/α-hetero) is 1. The number of rotatable bonds is 12. The van der Waals surface area contributed by atoms with E-state index in [4.69, 9.17) is 4.84 Å². The van der Waals surface area contributed by atoms with Gasteiger partial charge in [-0.1, -0.05) is 63.6 Å². The SMILES string of the molecule is CCCCCCCCCC(=O)CONc1ccccc1. The Morgan fingerprint density at radius 1 is 1.00 bits per heavy atom. The van der Waals surface area contributed by atoms with Gasteiger partial charge in [0.25, 0.3) is 0 Å². The van der Waals surface area contributed by atoms with Crippen LogP contribution in [0.4, 0.5) is 5.69 Å². The standard InChI is InChI=1S/C17H27NO2/c1-2-3-4-5-6-7-11-14-17(19)15-20-18-16-12-9-8-10-13-16/h8-10,12-13,18H,2-7,11,14-15H2,1H3. The highest BCUT2D eigenvalue weighted by Gasteiger charge is 2.02. The van der Waals surface area contributed by atoms with Gasteiger partial charge < -0.3 is 0 Å². The summed E-state index contributed by atoms with van der Waals surface area (Å²) < 4.78 is 0. The molecule has 0 heterocycles. The lowest BCUT2D eigenvalue weighted by Gasteiger charge is -2.06. The van der Waals surface area contributed by atoms with Gasteiger partial charge in [0.1, 0.15) is 6.61 Å². The molecule has 0 atom stereocenters. The third kappa shape index (κ3) is 8.70. The van der Waals surface area contributed by atoms with Crippen LogP contribution in [-0.2, 0) is 9.63 Å². The number of unbranched alkanes of at least 4 members (excludes halogenated alkanes) is 6. The highest BCUT2D eigenvalue weighted by atomic mass is 16.6. The first-order valence-electron chi connectivity index (χ1n) is 7.77. The van der Waals surface area contributed by atoms with Gasteiger partial charge in [-0.3, -0.25) is 15.1 Å². The topological polar surface area (TPSA) is 38.3 Å². The Bertz CT molecular complexity index is 351. The van der Waals surface area contributed by atoms with E-state index < -0.39 is 0 Å². The second kappa shape index (κ2) is 11.5. The van der Waals surface area contributed by atoms with Crippen LogP contribution < -0.4 is 5.48 Å². The first-order chi connectivity index (χ1) is 9.83. The van der Waals surface area contributed by atoms with E-state index in [1.807, 2.05) is 30.3 Å². The molecule has 0 fully saturated rings. The number of hydrogen-bond donors (Lipinski definition) is 1. The van der Waals surface area contributed by atoms with Gasteiger partial charge in [0.05, 0.1) is 5.69 Å². The largest absolute Gasteiger partial charge is 0.297 e. The van der Waals surface area contributed by atoms with E-state index in [0.29, 0.717) is 6.42 Å². The molecule has 20 heavy (non-hydrogen) atoms. The molecule has 3 nitrogen and oxygen atoms in total. The van der Waals surface area contributed by atoms with Gasteiger partial charge in [-0.25, -0.2) is 0 Å². The second-order valence-corrected chi connectivity index (χ2v) is 5.17. The van der Waals surface area contributed by atoms with E-state index in [9.17, 15) is 4.79 Å². The molecule has 0 amide bonds. The Labute approximate surface area is 122 Å². The fourth-order valence-electron chi connectivity index (χ4n) is 2.06. The van der Waals surface area contributed by atoms with Crippen LogP contribution in [0.5, 0.6) is 0 Å². The zero-order valence-electron chi connectivity index (χ0n) is 12.6. The molecule has 0 aliphatic heterocycles. The van der Waals surface area contributed by atoms with Crippen molar-refractivity contribution in [3.05, 3.63) is 30.3 Å². The maximum atomic E-state index is 11.6. The van der Waals surface area contributed by atoms with Crippen molar-refractivity contribution >= 4 is 11.5 Å². The zero-order chi connectivity index (χ0) is 14.5. The molecule has 0 bridgehead atoms. The number of carbonyl (C=O) groups excluding carboxylic acids is 1. The Balaban J connectivity index is 1.93. The molecule has 1 aromatic carbocycles. The van der Waals surface area contributed by atoms with Gasteiger partial charge in [0.15, 0.2) is 5.78 Å². The number of hydrogen-bond acceptors (Lipinski definition) is 3. The van der Waals surface area contributed by atoms with Crippen LogP contribution in [0.25, 0.3) is 0 Å². The molecule has 112 valence electrons. The third-order valence-electron chi connectivity index (χ3n) is 3.26. The molecule has 0 aliphatic carbocycles. The van der Waals surface area contributed by atoms with E-state index >= 15 is 0 Å². The molecular weight excluding hydrogens is 250 g/mol. The third-order valence-corrected chi connectivity index (χ3v) is 3.26. The van der Waals surface area contributed by atoms with Crippen molar-refractivity contribution in [1.82, 2.24) is 0 Å². The van der Waals surface area contributed by atoms with Crippen LogP contribution in [0, 0.1) is 0 Å². The quantitative estimate of drug-likeness (QED) is 0.443. The minimum Gasteiger partial charge on any atom is -0.297 e. The average Bonchev–Trinajstić information content (AvgIpc) is 2.47. The summed E-state index contributed by atoms with van der Waals surface area (Å²) in [6, 6.07) is 9.59. The summed E-state index contributed by atoms with van der Waals surface area (Å²) in [7, 11) is 0. The molecule has 0 aromatic heterocycles. The summed E-state index contributed by atoms with van der Waals surface area (Å²) in [5.41, 5.74) is 3.65. The minimum atomic E-state index is 0.144. The van der Waals surface area contributed by atoms with Crippen molar-refractivity contribution in [3.8, 4) is 0 Å². The van der Waals surface area contributed by atoms with Gasteiger partial charge in [-0.2, -0.15) is 0 Å². The lowest BCUT2D eigenvalue weighted by Crippen LogP contribution is -2.12. The number of para-hydroxylation sites is 1. The summed E-state index contributed by atoms with van der Waals surface area (Å²) >= 11 is 0. The van der Waals surface area contributed by atoms with Crippen molar-refractivity contribution < 1.29 is 9.63 Å². The number of anilines is 1. The van der Waals surface area contributed by atoms with Gasteiger partial charge in [0.2, 0.25) is 0 Å². The van der Waals surface area contributed by atoms with Crippen LogP contribution in [0.15, 0.2) is 30.3 Å². The number of carbonyl (C=O) groups is 1. The highest BCUT2D eigenvalue weighted by Crippen LogP contribution is 2.09. The van der Waals surface area contributed by atoms with Crippen LogP contribution in [0.3, 0.4) is 0 Å². The van der Waals surface area contributed by atoms with Crippen LogP contribution in [0.2, 0.25) is 0 Å². The zero-order valence-corrected chi connectivity index (χ0v) is 12.6. The molecule has 1 N–H and O–H groups in total. The van der Waals surface area contributed by atoms with Crippen LogP contribution in [0.1, 0.15) is 58.3 Å². The smallest absolute Gasteiger partial charge is 0.161 e. The van der Waals surface area contributed by atoms with Crippen molar-refractivity contribution in [2.75, 3.05) is 12.1 Å². The first kappa shape index (κ1) is 16.7. The van der Waals surface area contributed by atoms with Gasteiger partial charge >= 0.3 is 0 Å². The summed E-state index contributed by atoms with van der Waals surface area (Å²) in [5, 5.41) is 0. The van der Waals surface area contributed by atoms with Crippen LogP contribution >= 0.6 is 0 Å². The molecule has 0 unspecified atom stereocenters. The molecule has 1 aromatic rings. The monoisotopic (exact) mass is 277 g/mol. The van der Waals surface area contributed by atoms with Gasteiger partial charge in [-0.05, 0) is 18.6 Å². The van der Waals surface area contributed by atoms with E-state index in [2.05, 4.69) is 12.4 Å². The average molecular weight is 277 g/mol. The predicted octanol–water partition coefficient (Wildman–Crippen LogP) is 4.74. The highest BCUT2D eigenvalue weighted by molar-refractivity contribution is 5.79. The van der Waals surface area contributed by atoms with Gasteiger partial charge in [0, 0.05) is 6.42 Å². The fraction of sp³-hybridized carbons (Fsp3) is 0.588. The second-order valence-electron chi connectivity index (χ2n) is 5.17. The molecule has 0 aliphatic rings. The van der Waals surface area contributed by atoms with Crippen molar-refractivity contribution in [2.24, 2.45) is 0 Å². The summed E-state index contributed by atoms with van der Waals surface area (Å²) in [6.07, 6.45) is 9.26. The summed E-state index contributed by atoms with van der Waals surface area (Å²) in [5.74, 6) is 0.169. The van der Waals surface area contributed by atoms with Crippen molar-refractivity contribution in [3.63, 3.8) is 0 Å². The number of benzene rings is 1. The summed E-state index contributed by atoms with van der Waals surface area (Å²) in [6.45, 7) is 2.37. The Hall–Kier alpha value is -1.35. The van der Waals surface area contributed by atoms with Crippen molar-refractivity contribution in [2.45, 2.75) is 58.3 Å². The Kier molecular flexibility index (Phi) is 9.58. The molecule has 0 saturated heterocycles. The minimum absolute atomic E-state index is 0.144. The van der Waals surface area contributed by atoms with Crippen molar-refractivity contribution in [1.29, 1.82) is 0 Å². The van der Waals surface area contributed by atoms with Crippen LogP contribution in [-0.4, -0.2) is 12.4 Å². The number of nitrogens with one attached hydrogen (secondary N) is 1. The lowest BCUT2D eigenvalue weighted by molar-refractivity contribution is -0.122. The normalized spacial score (nSPS) is 10.4. The van der Waals surface area contributed by atoms with E-state index in [1.165, 1.54) is 32.1 Å². The number of ketones is 1. The molecule has 0 radical (unpaired) electrons. The molecule has 0 saturated carbocycles.